The summed E-state index contributed by atoms with van der Waals surface area (Å²) in [6, 6.07) is 0. The van der Waals surface area contributed by atoms with Gasteiger partial charge in [0, 0.05) is 13.6 Å². The monoisotopic (exact) mass is 192 g/mol. The molecule has 2 unspecified atom stereocenters. The Morgan fingerprint density at radius 3 is 2.57 bits per heavy atom. The fraction of sp³-hybridized carbons (Fsp3) is 0.600. The van der Waals surface area contributed by atoms with Gasteiger partial charge in [0.25, 0.3) is 0 Å². The average Bonchev–Trinajstić information content (AvgIpc) is 2.82. The Bertz CT molecular complexity index is 308. The zero-order chi connectivity index (χ0) is 10.1. The molecule has 2 N–H and O–H groups in total. The summed E-state index contributed by atoms with van der Waals surface area (Å²) in [7, 11) is 2.02. The van der Waals surface area contributed by atoms with Crippen LogP contribution in [0.2, 0.25) is 0 Å². The molecular formula is C10H16N4. The van der Waals surface area contributed by atoms with Crippen LogP contribution < -0.4 is 10.6 Å². The maximum atomic E-state index is 5.52. The Morgan fingerprint density at radius 2 is 2.07 bits per heavy atom. The smallest absolute Gasteiger partial charge is 0.225 e. The lowest BCUT2D eigenvalue weighted by Crippen LogP contribution is -2.22. The van der Waals surface area contributed by atoms with Crippen LogP contribution in [0.4, 0.5) is 11.6 Å². The number of nitrogens with zero attached hydrogens (tertiary/aromatic N) is 3. The summed E-state index contributed by atoms with van der Waals surface area (Å²) < 4.78 is 0. The molecule has 0 spiro atoms. The van der Waals surface area contributed by atoms with Crippen molar-refractivity contribution in [1.29, 1.82) is 0 Å². The zero-order valence-electron chi connectivity index (χ0n) is 8.64. The number of rotatable bonds is 3. The van der Waals surface area contributed by atoms with E-state index in [0.717, 1.165) is 24.3 Å². The molecule has 1 heterocycles. The Balaban J connectivity index is 1.96. The Morgan fingerprint density at radius 1 is 1.50 bits per heavy atom. The molecule has 76 valence electrons. The normalized spacial score (nSPS) is 24.7. The first-order valence-corrected chi connectivity index (χ1v) is 4.95. The maximum Gasteiger partial charge on any atom is 0.225 e. The summed E-state index contributed by atoms with van der Waals surface area (Å²) in [5, 5.41) is 0. The van der Waals surface area contributed by atoms with Crippen molar-refractivity contribution in [1.82, 2.24) is 9.97 Å². The van der Waals surface area contributed by atoms with E-state index in [2.05, 4.69) is 21.8 Å². The molecule has 0 aliphatic heterocycles. The molecule has 1 aromatic rings. The van der Waals surface area contributed by atoms with Crippen molar-refractivity contribution < 1.29 is 0 Å². The summed E-state index contributed by atoms with van der Waals surface area (Å²) in [4.78, 5) is 10.4. The molecule has 0 saturated heterocycles. The van der Waals surface area contributed by atoms with Gasteiger partial charge >= 0.3 is 0 Å². The lowest BCUT2D eigenvalue weighted by molar-refractivity contribution is 0.712. The number of anilines is 2. The molecule has 0 radical (unpaired) electrons. The van der Waals surface area contributed by atoms with Crippen molar-refractivity contribution in [2.75, 3.05) is 24.2 Å². The molecule has 1 fully saturated rings. The van der Waals surface area contributed by atoms with Crippen molar-refractivity contribution in [3.63, 3.8) is 0 Å². The second kappa shape index (κ2) is 3.44. The van der Waals surface area contributed by atoms with Crippen LogP contribution in [0.25, 0.3) is 0 Å². The Labute approximate surface area is 84.2 Å². The molecule has 0 amide bonds. The van der Waals surface area contributed by atoms with Crippen molar-refractivity contribution in [3.8, 4) is 0 Å². The van der Waals surface area contributed by atoms with Gasteiger partial charge < -0.3 is 10.6 Å². The number of aromatic nitrogens is 2. The van der Waals surface area contributed by atoms with E-state index in [0.29, 0.717) is 5.69 Å². The molecule has 4 nitrogen and oxygen atoms in total. The van der Waals surface area contributed by atoms with Crippen LogP contribution in [0.15, 0.2) is 12.4 Å². The Hall–Kier alpha value is -1.32. The van der Waals surface area contributed by atoms with E-state index in [4.69, 9.17) is 5.73 Å². The minimum Gasteiger partial charge on any atom is -0.396 e. The van der Waals surface area contributed by atoms with Gasteiger partial charge in [-0.05, 0) is 18.3 Å². The number of hydrogen-bond acceptors (Lipinski definition) is 4. The van der Waals surface area contributed by atoms with Gasteiger partial charge in [0.2, 0.25) is 5.95 Å². The van der Waals surface area contributed by atoms with Gasteiger partial charge in [0.05, 0.1) is 18.1 Å². The van der Waals surface area contributed by atoms with E-state index < -0.39 is 0 Å². The summed E-state index contributed by atoms with van der Waals surface area (Å²) in [5.74, 6) is 2.45. The lowest BCUT2D eigenvalue weighted by atomic mass is 10.3. The van der Waals surface area contributed by atoms with E-state index in [1.165, 1.54) is 6.42 Å². The lowest BCUT2D eigenvalue weighted by Gasteiger charge is -2.16. The van der Waals surface area contributed by atoms with Crippen LogP contribution in [-0.2, 0) is 0 Å². The largest absolute Gasteiger partial charge is 0.396 e. The molecule has 0 bridgehead atoms. The molecule has 1 aromatic heterocycles. The van der Waals surface area contributed by atoms with Gasteiger partial charge in [-0.25, -0.2) is 9.97 Å². The third kappa shape index (κ3) is 1.95. The van der Waals surface area contributed by atoms with Gasteiger partial charge in [0.1, 0.15) is 0 Å². The SMILES string of the molecule is CC1CC1CN(C)c1ncc(N)cn1. The molecule has 1 aliphatic carbocycles. The maximum absolute atomic E-state index is 5.52. The highest BCUT2D eigenvalue weighted by Crippen LogP contribution is 2.38. The molecular weight excluding hydrogens is 176 g/mol. The molecule has 1 aliphatic rings. The highest BCUT2D eigenvalue weighted by atomic mass is 15.2. The van der Waals surface area contributed by atoms with Gasteiger partial charge in [-0.3, -0.25) is 0 Å². The average molecular weight is 192 g/mol. The predicted octanol–water partition coefficient (Wildman–Crippen LogP) is 1.15. The Kier molecular flexibility index (Phi) is 2.27. The second-order valence-corrected chi connectivity index (χ2v) is 4.17. The number of hydrogen-bond donors (Lipinski definition) is 1. The van der Waals surface area contributed by atoms with Crippen molar-refractivity contribution in [2.45, 2.75) is 13.3 Å². The number of nitrogen functional groups attached to an aromatic ring is 1. The second-order valence-electron chi connectivity index (χ2n) is 4.17. The van der Waals surface area contributed by atoms with E-state index in [1.807, 2.05) is 7.05 Å². The first-order valence-electron chi connectivity index (χ1n) is 4.95. The van der Waals surface area contributed by atoms with Gasteiger partial charge in [-0.2, -0.15) is 0 Å². The van der Waals surface area contributed by atoms with E-state index in [-0.39, 0.29) is 0 Å². The van der Waals surface area contributed by atoms with Crippen molar-refractivity contribution >= 4 is 11.6 Å². The standard InChI is InChI=1S/C10H16N4/c1-7-3-8(7)6-14(2)10-12-4-9(11)5-13-10/h4-5,7-8H,3,6,11H2,1-2H3. The minimum atomic E-state index is 0.613. The predicted molar refractivity (Wildman–Crippen MR) is 57.0 cm³/mol. The molecule has 14 heavy (non-hydrogen) atoms. The molecule has 2 atom stereocenters. The van der Waals surface area contributed by atoms with Gasteiger partial charge in [-0.1, -0.05) is 6.92 Å². The molecule has 4 heteroatoms. The first-order chi connectivity index (χ1) is 6.66. The minimum absolute atomic E-state index is 0.613. The molecule has 0 aromatic carbocycles. The van der Waals surface area contributed by atoms with E-state index >= 15 is 0 Å². The molecule has 1 saturated carbocycles. The van der Waals surface area contributed by atoms with Crippen molar-refractivity contribution in [2.24, 2.45) is 11.8 Å². The number of nitrogens with two attached hydrogens (primary N) is 1. The van der Waals surface area contributed by atoms with Crippen LogP contribution in [0.5, 0.6) is 0 Å². The van der Waals surface area contributed by atoms with Crippen molar-refractivity contribution in [3.05, 3.63) is 12.4 Å². The highest BCUT2D eigenvalue weighted by Gasteiger charge is 2.33. The van der Waals surface area contributed by atoms with Gasteiger partial charge in [0.15, 0.2) is 0 Å². The summed E-state index contributed by atoms with van der Waals surface area (Å²) in [6.07, 6.45) is 4.63. The van der Waals surface area contributed by atoms with Gasteiger partial charge in [-0.15, -0.1) is 0 Å². The fourth-order valence-corrected chi connectivity index (χ4v) is 1.62. The highest BCUT2D eigenvalue weighted by molar-refractivity contribution is 5.37. The van der Waals surface area contributed by atoms with Crippen LogP contribution >= 0.6 is 0 Å². The van der Waals surface area contributed by atoms with E-state index in [9.17, 15) is 0 Å². The van der Waals surface area contributed by atoms with Crippen LogP contribution in [0, 0.1) is 11.8 Å². The molecule has 2 rings (SSSR count). The van der Waals surface area contributed by atoms with Crippen LogP contribution in [0.1, 0.15) is 13.3 Å². The first kappa shape index (κ1) is 9.24. The third-order valence-corrected chi connectivity index (χ3v) is 2.78. The zero-order valence-corrected chi connectivity index (χ0v) is 8.64. The summed E-state index contributed by atoms with van der Waals surface area (Å²) >= 11 is 0. The fourth-order valence-electron chi connectivity index (χ4n) is 1.62. The van der Waals surface area contributed by atoms with Crippen LogP contribution in [0.3, 0.4) is 0 Å². The quantitative estimate of drug-likeness (QED) is 0.780. The topological polar surface area (TPSA) is 55.0 Å². The third-order valence-electron chi connectivity index (χ3n) is 2.78. The van der Waals surface area contributed by atoms with E-state index in [1.54, 1.807) is 12.4 Å². The summed E-state index contributed by atoms with van der Waals surface area (Å²) in [6.45, 7) is 3.33. The van der Waals surface area contributed by atoms with Crippen LogP contribution in [-0.4, -0.2) is 23.6 Å². The summed E-state index contributed by atoms with van der Waals surface area (Å²) in [5.41, 5.74) is 6.13.